The summed E-state index contributed by atoms with van der Waals surface area (Å²) in [6.07, 6.45) is 4.99. The SMILES string of the molecule is Cc1cc(/C=C/C#N)cc(C)c1Nc1ccnc(Nc2cc[c-]cc2)n1.[Cm]. The molecule has 0 bridgehead atoms. The van der Waals surface area contributed by atoms with E-state index >= 15 is 0 Å². The number of rotatable bonds is 5. The number of hydrogen-bond donors (Lipinski definition) is 2. The number of benzene rings is 2. The second-order valence-electron chi connectivity index (χ2n) is 5.80. The van der Waals surface area contributed by atoms with Gasteiger partial charge >= 0.3 is 0 Å². The summed E-state index contributed by atoms with van der Waals surface area (Å²) >= 11 is 0. The third-order valence-corrected chi connectivity index (χ3v) is 3.79. The average molecular weight is 587 g/mol. The normalized spacial score (nSPS) is 10.1. The Kier molecular flexibility index (Phi) is 5.85. The standard InChI is InChI=1S/C21H18N5.Cm/c1-15-13-17(7-6-11-22)14-16(2)20(15)25-19-10-12-23-21(26-19)24-18-8-4-3-5-9-18;/h4-10,12-14H,1-2H3,(H2,23,24,25,26);/q-1;/b7-6+;. The molecular formula is C21H18CmN5-. The Hall–Kier alpha value is -4.65. The third-order valence-electron chi connectivity index (χ3n) is 3.79. The molecule has 0 spiro atoms. The summed E-state index contributed by atoms with van der Waals surface area (Å²) in [5.74, 6) is 1.22. The maximum atomic E-state index is 8.68. The molecule has 1 heterocycles. The number of anilines is 4. The van der Waals surface area contributed by atoms with Crippen LogP contribution in [0.2, 0.25) is 0 Å². The minimum atomic E-state index is 0. The Balaban J connectivity index is 0.00000261. The number of nitrogens with one attached hydrogen (secondary N) is 2. The van der Waals surface area contributed by atoms with Gasteiger partial charge in [-0.25, -0.2) is 4.98 Å². The first-order chi connectivity index (χ1) is 12.7. The van der Waals surface area contributed by atoms with Crippen molar-refractivity contribution in [2.75, 3.05) is 10.6 Å². The van der Waals surface area contributed by atoms with E-state index in [2.05, 4.69) is 26.7 Å². The van der Waals surface area contributed by atoms with Gasteiger partial charge in [0.25, 0.3) is 0 Å². The monoisotopic (exact) mass is 583 g/mol. The van der Waals surface area contributed by atoms with Crippen molar-refractivity contribution in [1.29, 1.82) is 5.26 Å². The van der Waals surface area contributed by atoms with E-state index in [1.165, 1.54) is 6.08 Å². The van der Waals surface area contributed by atoms with Crippen LogP contribution in [0.1, 0.15) is 16.7 Å². The van der Waals surface area contributed by atoms with Crippen LogP contribution < -0.4 is 10.6 Å². The van der Waals surface area contributed by atoms with E-state index in [4.69, 9.17) is 5.26 Å². The van der Waals surface area contributed by atoms with E-state index in [1.54, 1.807) is 12.3 Å². The average Bonchev–Trinajstić information content (AvgIpc) is 2.64. The van der Waals surface area contributed by atoms with Crippen LogP contribution in [-0.2, 0) is 0 Å². The van der Waals surface area contributed by atoms with E-state index in [9.17, 15) is 0 Å². The van der Waals surface area contributed by atoms with Crippen LogP contribution in [0.15, 0.2) is 54.7 Å². The van der Waals surface area contributed by atoms with Gasteiger partial charge in [0.15, 0.2) is 0 Å². The molecule has 0 fully saturated rings. The molecule has 27 heavy (non-hydrogen) atoms. The number of hydrogen-bond acceptors (Lipinski definition) is 5. The molecule has 0 saturated heterocycles. The maximum Gasteiger partial charge on any atom is 0.227 e. The van der Waals surface area contributed by atoms with Crippen LogP contribution >= 0.6 is 0 Å². The van der Waals surface area contributed by atoms with Crippen molar-refractivity contribution in [2.24, 2.45) is 0 Å². The summed E-state index contributed by atoms with van der Waals surface area (Å²) in [7, 11) is 0. The molecule has 0 atom stereocenters. The Morgan fingerprint density at radius 3 is 2.44 bits per heavy atom. The molecule has 1 aromatic heterocycles. The summed E-state index contributed by atoms with van der Waals surface area (Å²) < 4.78 is 0. The number of aryl methyl sites for hydroxylation is 2. The maximum absolute atomic E-state index is 8.68. The fourth-order valence-electron chi connectivity index (χ4n) is 2.64. The molecular weight excluding hydrogens is 569 g/mol. The molecule has 0 aliphatic heterocycles. The molecule has 0 aliphatic carbocycles. The van der Waals surface area contributed by atoms with Crippen molar-refractivity contribution in [3.05, 3.63) is 77.5 Å². The predicted molar refractivity (Wildman–Crippen MR) is 104 cm³/mol. The van der Waals surface area contributed by atoms with Gasteiger partial charge in [-0.3, -0.25) is 0 Å². The first-order valence-electron chi connectivity index (χ1n) is 8.16. The molecule has 0 amide bonds. The van der Waals surface area contributed by atoms with Crippen LogP contribution in [0, 0.1) is 31.2 Å². The predicted octanol–water partition coefficient (Wildman–Crippen LogP) is 4.92. The van der Waals surface area contributed by atoms with Gasteiger partial charge in [-0.2, -0.15) is 28.4 Å². The molecule has 136 valence electrons. The molecule has 0 radical (unpaired) electrons. The summed E-state index contributed by atoms with van der Waals surface area (Å²) in [5, 5.41) is 15.2. The molecule has 2 aromatic carbocycles. The molecule has 0 aliphatic rings. The van der Waals surface area contributed by atoms with Gasteiger partial charge in [-0.1, -0.05) is 5.69 Å². The van der Waals surface area contributed by atoms with E-state index in [0.717, 1.165) is 28.1 Å². The van der Waals surface area contributed by atoms with E-state index in [0.29, 0.717) is 11.8 Å². The largest absolute Gasteiger partial charge is 0.347 e. The second-order valence-corrected chi connectivity index (χ2v) is 5.80. The molecule has 3 rings (SSSR count). The molecule has 5 nitrogen and oxygen atoms in total. The number of allylic oxidation sites excluding steroid dienone is 1. The van der Waals surface area contributed by atoms with E-state index in [1.807, 2.05) is 62.4 Å². The van der Waals surface area contributed by atoms with Crippen LogP contribution in [0.3, 0.4) is 0 Å². The van der Waals surface area contributed by atoms with Crippen molar-refractivity contribution in [2.45, 2.75) is 13.8 Å². The van der Waals surface area contributed by atoms with Crippen molar-refractivity contribution >= 4 is 29.2 Å². The Morgan fingerprint density at radius 1 is 1.07 bits per heavy atom. The van der Waals surface area contributed by atoms with Crippen molar-refractivity contribution in [3.63, 3.8) is 0 Å². The quantitative estimate of drug-likeness (QED) is 0.328. The smallest absolute Gasteiger partial charge is 0.227 e. The van der Waals surface area contributed by atoms with Crippen molar-refractivity contribution < 1.29 is 0 Å². The summed E-state index contributed by atoms with van der Waals surface area (Å²) in [6, 6.07) is 18.4. The molecule has 2 N–H and O–H groups in total. The molecule has 6 heteroatoms. The van der Waals surface area contributed by atoms with Gasteiger partial charge in [-0.05, 0) is 54.8 Å². The summed E-state index contributed by atoms with van der Waals surface area (Å²) in [6.45, 7) is 4.06. The van der Waals surface area contributed by atoms with Gasteiger partial charge < -0.3 is 10.6 Å². The zero-order valence-electron chi connectivity index (χ0n) is 15.0. The fraction of sp³-hybridized carbons (Fsp3) is 0.0952. The van der Waals surface area contributed by atoms with Gasteiger partial charge in [0.2, 0.25) is 5.95 Å². The molecule has 0 saturated carbocycles. The van der Waals surface area contributed by atoms with Gasteiger partial charge in [0.05, 0.1) is 6.07 Å². The van der Waals surface area contributed by atoms with E-state index < -0.39 is 0 Å². The molecule has 0 unspecified atom stereocenters. The number of nitrogens with zero attached hydrogens (tertiary/aromatic N) is 3. The topological polar surface area (TPSA) is 73.6 Å². The minimum absolute atomic E-state index is 0. The van der Waals surface area contributed by atoms with Crippen LogP contribution in [0.25, 0.3) is 6.08 Å². The first kappa shape index (κ1) is 18.7. The Labute approximate surface area is 153 Å². The van der Waals surface area contributed by atoms with Crippen LogP contribution in [0.4, 0.5) is 23.1 Å². The minimum Gasteiger partial charge on any atom is -0.347 e. The van der Waals surface area contributed by atoms with Crippen molar-refractivity contribution in [3.8, 4) is 6.07 Å². The summed E-state index contributed by atoms with van der Waals surface area (Å²) in [5.41, 5.74) is 5.06. The Morgan fingerprint density at radius 2 is 1.78 bits per heavy atom. The zero-order chi connectivity index (χ0) is 18.4. The molecule has 3 aromatic rings. The number of nitriles is 1. The summed E-state index contributed by atoms with van der Waals surface area (Å²) in [4.78, 5) is 8.77. The first-order valence-corrected chi connectivity index (χ1v) is 8.16. The number of aromatic nitrogens is 2. The van der Waals surface area contributed by atoms with Crippen molar-refractivity contribution in [1.82, 2.24) is 9.97 Å². The third kappa shape index (κ3) is 4.68. The zero-order valence-corrected chi connectivity index (χ0v) is 17.9. The second kappa shape index (κ2) is 8.45. The van der Waals surface area contributed by atoms with E-state index in [-0.39, 0.29) is 0 Å². The van der Waals surface area contributed by atoms with Gasteiger partial charge in [0.1, 0.15) is 5.82 Å². The van der Waals surface area contributed by atoms with Crippen LogP contribution in [0.5, 0.6) is 0 Å². The Bertz CT molecular complexity index is 954. The van der Waals surface area contributed by atoms with Gasteiger partial charge in [-0.15, -0.1) is 12.1 Å². The van der Waals surface area contributed by atoms with Gasteiger partial charge in [0, 0.05) is 18.0 Å². The van der Waals surface area contributed by atoms with Crippen LogP contribution in [-0.4, -0.2) is 9.97 Å². The fourth-order valence-corrected chi connectivity index (χ4v) is 2.64.